The molecule has 2 rings (SSSR count). The summed E-state index contributed by atoms with van der Waals surface area (Å²) in [6.45, 7) is 6.43. The molecule has 138 valence electrons. The highest BCUT2D eigenvalue weighted by Gasteiger charge is 2.36. The van der Waals surface area contributed by atoms with Gasteiger partial charge >= 0.3 is 5.97 Å². The molecule has 6 nitrogen and oxygen atoms in total. The number of carboxylic acids is 1. The Kier molecular flexibility index (Phi) is 6.42. The molecule has 0 bridgehead atoms. The molecule has 0 spiro atoms. The van der Waals surface area contributed by atoms with Crippen molar-refractivity contribution < 1.29 is 24.2 Å². The van der Waals surface area contributed by atoms with Gasteiger partial charge in [0.05, 0.1) is 12.5 Å². The van der Waals surface area contributed by atoms with Crippen LogP contribution in [0.2, 0.25) is 0 Å². The van der Waals surface area contributed by atoms with Gasteiger partial charge < -0.3 is 19.5 Å². The van der Waals surface area contributed by atoms with Crippen molar-refractivity contribution in [3.05, 3.63) is 29.3 Å². The number of ether oxygens (including phenoxy) is 2. The zero-order chi connectivity index (χ0) is 18.6. The number of likely N-dealkylation sites (tertiary alicyclic amines) is 1. The Balaban J connectivity index is 2.06. The van der Waals surface area contributed by atoms with Crippen LogP contribution in [-0.2, 0) is 14.3 Å². The Morgan fingerprint density at radius 2 is 2.08 bits per heavy atom. The van der Waals surface area contributed by atoms with E-state index in [1.165, 1.54) is 0 Å². The van der Waals surface area contributed by atoms with E-state index < -0.39 is 5.97 Å². The number of amides is 1. The van der Waals surface area contributed by atoms with Gasteiger partial charge in [0.15, 0.2) is 6.61 Å². The molecule has 1 aliphatic heterocycles. The Morgan fingerprint density at radius 3 is 2.68 bits per heavy atom. The zero-order valence-electron chi connectivity index (χ0n) is 15.3. The van der Waals surface area contributed by atoms with Gasteiger partial charge in [0.2, 0.25) is 0 Å². The van der Waals surface area contributed by atoms with Crippen molar-refractivity contribution in [1.29, 1.82) is 0 Å². The van der Waals surface area contributed by atoms with E-state index in [-0.39, 0.29) is 37.0 Å². The van der Waals surface area contributed by atoms with Crippen LogP contribution in [0.5, 0.6) is 5.75 Å². The Bertz CT molecular complexity index is 628. The van der Waals surface area contributed by atoms with Crippen molar-refractivity contribution in [3.63, 3.8) is 0 Å². The lowest BCUT2D eigenvalue weighted by atomic mass is 10.0. The highest BCUT2D eigenvalue weighted by molar-refractivity contribution is 5.79. The Hall–Kier alpha value is -2.08. The van der Waals surface area contributed by atoms with E-state index in [1.807, 2.05) is 25.1 Å². The number of rotatable bonds is 7. The first-order valence-corrected chi connectivity index (χ1v) is 8.59. The molecule has 2 atom stereocenters. The van der Waals surface area contributed by atoms with Gasteiger partial charge in [0.25, 0.3) is 5.91 Å². The zero-order valence-corrected chi connectivity index (χ0v) is 15.3. The summed E-state index contributed by atoms with van der Waals surface area (Å²) in [6.07, 6.45) is 0.335. The topological polar surface area (TPSA) is 76.1 Å². The molecule has 2 unspecified atom stereocenters. The fourth-order valence-corrected chi connectivity index (χ4v) is 3.21. The molecular formula is C19H27NO5. The molecule has 1 aromatic rings. The van der Waals surface area contributed by atoms with E-state index in [4.69, 9.17) is 14.6 Å². The molecule has 1 saturated heterocycles. The van der Waals surface area contributed by atoms with Gasteiger partial charge in [-0.1, -0.05) is 26.0 Å². The molecule has 1 N–H and O–H groups in total. The highest BCUT2D eigenvalue weighted by atomic mass is 16.5. The van der Waals surface area contributed by atoms with Gasteiger partial charge in [0, 0.05) is 19.7 Å². The minimum atomic E-state index is -0.916. The van der Waals surface area contributed by atoms with E-state index in [0.29, 0.717) is 18.7 Å². The number of hydrogen-bond acceptors (Lipinski definition) is 4. The van der Waals surface area contributed by atoms with Gasteiger partial charge in [0.1, 0.15) is 5.75 Å². The van der Waals surface area contributed by atoms with Crippen LogP contribution in [0.3, 0.4) is 0 Å². The van der Waals surface area contributed by atoms with Crippen molar-refractivity contribution in [2.75, 3.05) is 20.3 Å². The quantitative estimate of drug-likeness (QED) is 0.819. The van der Waals surface area contributed by atoms with Crippen LogP contribution in [-0.4, -0.2) is 54.3 Å². The molecule has 1 amide bonds. The van der Waals surface area contributed by atoms with Crippen molar-refractivity contribution in [3.8, 4) is 5.75 Å². The number of hydrogen-bond donors (Lipinski definition) is 1. The first-order valence-electron chi connectivity index (χ1n) is 8.59. The summed E-state index contributed by atoms with van der Waals surface area (Å²) in [5, 5.41) is 9.06. The van der Waals surface area contributed by atoms with Crippen molar-refractivity contribution in [1.82, 2.24) is 4.90 Å². The third-order valence-electron chi connectivity index (χ3n) is 4.58. The summed E-state index contributed by atoms with van der Waals surface area (Å²) in [4.78, 5) is 25.2. The van der Waals surface area contributed by atoms with E-state index in [9.17, 15) is 9.59 Å². The summed E-state index contributed by atoms with van der Waals surface area (Å²) < 4.78 is 11.1. The summed E-state index contributed by atoms with van der Waals surface area (Å²) in [6, 6.07) is 5.63. The number of aryl methyl sites for hydroxylation is 1. The SMILES string of the molecule is COC1CC(CC(=O)O)N(C(=O)COc2cc(C)ccc2C(C)C)C1. The Labute approximate surface area is 148 Å². The van der Waals surface area contributed by atoms with E-state index in [0.717, 1.165) is 11.1 Å². The van der Waals surface area contributed by atoms with Gasteiger partial charge in [-0.25, -0.2) is 0 Å². The number of carboxylic acid groups (broad SMARTS) is 1. The molecule has 25 heavy (non-hydrogen) atoms. The number of methoxy groups -OCH3 is 1. The maximum Gasteiger partial charge on any atom is 0.305 e. The standard InChI is InChI=1S/C19H27NO5/c1-12(2)16-6-5-13(3)7-17(16)25-11-18(21)20-10-15(24-4)8-14(20)9-19(22)23/h5-7,12,14-15H,8-11H2,1-4H3,(H,22,23). The molecule has 0 aliphatic carbocycles. The fourth-order valence-electron chi connectivity index (χ4n) is 3.21. The summed E-state index contributed by atoms with van der Waals surface area (Å²) in [5.41, 5.74) is 2.12. The lowest BCUT2D eigenvalue weighted by Gasteiger charge is -2.24. The van der Waals surface area contributed by atoms with Gasteiger partial charge in [-0.3, -0.25) is 9.59 Å². The first-order chi connectivity index (χ1) is 11.8. The van der Waals surface area contributed by atoms with Gasteiger partial charge in [-0.2, -0.15) is 0 Å². The maximum atomic E-state index is 12.6. The van der Waals surface area contributed by atoms with E-state index in [1.54, 1.807) is 12.0 Å². The minimum Gasteiger partial charge on any atom is -0.483 e. The van der Waals surface area contributed by atoms with Crippen LogP contribution in [0, 0.1) is 6.92 Å². The average Bonchev–Trinajstić information content (AvgIpc) is 2.94. The second-order valence-electron chi connectivity index (χ2n) is 6.88. The van der Waals surface area contributed by atoms with E-state index in [2.05, 4.69) is 13.8 Å². The van der Waals surface area contributed by atoms with Crippen LogP contribution in [0.4, 0.5) is 0 Å². The fraction of sp³-hybridized carbons (Fsp3) is 0.579. The average molecular weight is 349 g/mol. The summed E-state index contributed by atoms with van der Waals surface area (Å²) in [5.74, 6) is -0.126. The molecule has 0 saturated carbocycles. The molecule has 0 radical (unpaired) electrons. The molecule has 6 heteroatoms. The van der Waals surface area contributed by atoms with Gasteiger partial charge in [-0.15, -0.1) is 0 Å². The largest absolute Gasteiger partial charge is 0.483 e. The monoisotopic (exact) mass is 349 g/mol. The predicted molar refractivity (Wildman–Crippen MR) is 93.9 cm³/mol. The number of carbonyl (C=O) groups is 2. The third kappa shape index (κ3) is 4.95. The molecule has 1 aliphatic rings. The second-order valence-corrected chi connectivity index (χ2v) is 6.88. The van der Waals surface area contributed by atoms with Gasteiger partial charge in [-0.05, 0) is 36.5 Å². The minimum absolute atomic E-state index is 0.0761. The van der Waals surface area contributed by atoms with Crippen LogP contribution >= 0.6 is 0 Å². The summed E-state index contributed by atoms with van der Waals surface area (Å²) in [7, 11) is 1.58. The van der Waals surface area contributed by atoms with Crippen molar-refractivity contribution in [2.24, 2.45) is 0 Å². The lowest BCUT2D eigenvalue weighted by Crippen LogP contribution is -2.40. The van der Waals surface area contributed by atoms with Crippen LogP contribution in [0.1, 0.15) is 43.7 Å². The highest BCUT2D eigenvalue weighted by Crippen LogP contribution is 2.28. The maximum absolute atomic E-state index is 12.6. The third-order valence-corrected chi connectivity index (χ3v) is 4.58. The van der Waals surface area contributed by atoms with Crippen LogP contribution in [0.15, 0.2) is 18.2 Å². The smallest absolute Gasteiger partial charge is 0.305 e. The number of nitrogens with zero attached hydrogens (tertiary/aromatic N) is 1. The molecular weight excluding hydrogens is 322 g/mol. The Morgan fingerprint density at radius 1 is 1.36 bits per heavy atom. The van der Waals surface area contributed by atoms with Crippen LogP contribution < -0.4 is 4.74 Å². The predicted octanol–water partition coefficient (Wildman–Crippen LogP) is 2.59. The van der Waals surface area contributed by atoms with Crippen molar-refractivity contribution in [2.45, 2.75) is 51.7 Å². The molecule has 0 aromatic heterocycles. The molecule has 1 fully saturated rings. The van der Waals surface area contributed by atoms with Crippen molar-refractivity contribution >= 4 is 11.9 Å². The number of benzene rings is 1. The van der Waals surface area contributed by atoms with E-state index >= 15 is 0 Å². The molecule has 1 aromatic carbocycles. The first kappa shape index (κ1) is 19.2. The lowest BCUT2D eigenvalue weighted by molar-refractivity contribution is -0.140. The normalized spacial score (nSPS) is 20.1. The second kappa shape index (κ2) is 8.34. The van der Waals surface area contributed by atoms with Crippen LogP contribution in [0.25, 0.3) is 0 Å². The summed E-state index contributed by atoms with van der Waals surface area (Å²) >= 11 is 0. The number of aliphatic carboxylic acids is 1. The molecule has 1 heterocycles. The number of carbonyl (C=O) groups excluding carboxylic acids is 1.